The molecule has 0 fully saturated rings. The number of nitrogens with zero attached hydrogens (tertiary/aromatic N) is 3. The van der Waals surface area contributed by atoms with Gasteiger partial charge in [0.05, 0.1) is 24.8 Å². The van der Waals surface area contributed by atoms with Gasteiger partial charge in [-0.05, 0) is 6.07 Å². The van der Waals surface area contributed by atoms with Crippen LogP contribution in [0.3, 0.4) is 0 Å². The molecule has 0 saturated carbocycles. The summed E-state index contributed by atoms with van der Waals surface area (Å²) >= 11 is 5.60. The van der Waals surface area contributed by atoms with Crippen LogP contribution in [0.2, 0.25) is 0 Å². The Kier molecular flexibility index (Phi) is 2.84. The molecule has 0 aliphatic heterocycles. The zero-order valence-corrected chi connectivity index (χ0v) is 8.31. The van der Waals surface area contributed by atoms with E-state index in [1.54, 1.807) is 17.2 Å². The van der Waals surface area contributed by atoms with Crippen LogP contribution in [0.15, 0.2) is 29.2 Å². The van der Waals surface area contributed by atoms with Gasteiger partial charge in [0.25, 0.3) is 0 Å². The predicted molar refractivity (Wildman–Crippen MR) is 52.3 cm³/mol. The minimum Gasteiger partial charge on any atom is -0.472 e. The van der Waals surface area contributed by atoms with Crippen LogP contribution in [0.4, 0.5) is 0 Å². The van der Waals surface area contributed by atoms with Crippen molar-refractivity contribution >= 4 is 11.6 Å². The number of hydrogen-bond acceptors (Lipinski definition) is 3. The van der Waals surface area contributed by atoms with Crippen molar-refractivity contribution in [3.63, 3.8) is 0 Å². The Balaban J connectivity index is 2.03. The summed E-state index contributed by atoms with van der Waals surface area (Å²) in [6.45, 7) is 0.686. The largest absolute Gasteiger partial charge is 0.472 e. The molecule has 0 atom stereocenters. The zero-order valence-electron chi connectivity index (χ0n) is 7.56. The van der Waals surface area contributed by atoms with Crippen LogP contribution in [-0.2, 0) is 13.0 Å². The van der Waals surface area contributed by atoms with E-state index >= 15 is 0 Å². The van der Waals surface area contributed by atoms with Gasteiger partial charge in [-0.25, -0.2) is 4.68 Å². The molecule has 0 radical (unpaired) electrons. The second kappa shape index (κ2) is 4.28. The molecule has 0 aliphatic carbocycles. The average molecular weight is 212 g/mol. The first-order chi connectivity index (χ1) is 6.88. The Morgan fingerprint density at radius 1 is 1.50 bits per heavy atom. The van der Waals surface area contributed by atoms with E-state index in [-0.39, 0.29) is 0 Å². The van der Waals surface area contributed by atoms with Crippen LogP contribution >= 0.6 is 11.6 Å². The van der Waals surface area contributed by atoms with E-state index in [2.05, 4.69) is 10.3 Å². The maximum atomic E-state index is 5.60. The van der Waals surface area contributed by atoms with E-state index in [9.17, 15) is 0 Å². The SMILES string of the molecule is ClCCc1cn(Cc2ccoc2)nn1. The Morgan fingerprint density at radius 2 is 2.43 bits per heavy atom. The van der Waals surface area contributed by atoms with Crippen molar-refractivity contribution in [2.24, 2.45) is 0 Å². The normalized spacial score (nSPS) is 10.6. The first-order valence-electron chi connectivity index (χ1n) is 4.34. The molecular formula is C9H10ClN3O. The number of aromatic nitrogens is 3. The minimum atomic E-state index is 0.574. The molecule has 0 unspecified atom stereocenters. The van der Waals surface area contributed by atoms with Gasteiger partial charge in [-0.15, -0.1) is 16.7 Å². The first kappa shape index (κ1) is 9.27. The quantitative estimate of drug-likeness (QED) is 0.723. The van der Waals surface area contributed by atoms with Crippen molar-refractivity contribution in [2.45, 2.75) is 13.0 Å². The van der Waals surface area contributed by atoms with Gasteiger partial charge in [0.15, 0.2) is 0 Å². The molecule has 0 spiro atoms. The van der Waals surface area contributed by atoms with Crippen LogP contribution in [0, 0.1) is 0 Å². The zero-order chi connectivity index (χ0) is 9.80. The molecule has 0 saturated heterocycles. The highest BCUT2D eigenvalue weighted by Crippen LogP contribution is 2.03. The van der Waals surface area contributed by atoms with Crippen molar-refractivity contribution in [1.29, 1.82) is 0 Å². The fraction of sp³-hybridized carbons (Fsp3) is 0.333. The van der Waals surface area contributed by atoms with Crippen LogP contribution in [0.5, 0.6) is 0 Å². The van der Waals surface area contributed by atoms with E-state index in [1.807, 2.05) is 12.3 Å². The number of alkyl halides is 1. The smallest absolute Gasteiger partial charge is 0.0953 e. The second-order valence-corrected chi connectivity index (χ2v) is 3.36. The summed E-state index contributed by atoms with van der Waals surface area (Å²) in [7, 11) is 0. The maximum absolute atomic E-state index is 5.60. The third kappa shape index (κ3) is 2.14. The monoisotopic (exact) mass is 211 g/mol. The maximum Gasteiger partial charge on any atom is 0.0953 e. The van der Waals surface area contributed by atoms with Crippen molar-refractivity contribution in [3.05, 3.63) is 36.0 Å². The number of furan rings is 1. The van der Waals surface area contributed by atoms with Crippen LogP contribution in [0.25, 0.3) is 0 Å². The molecule has 5 heteroatoms. The number of aryl methyl sites for hydroxylation is 1. The number of hydrogen-bond donors (Lipinski definition) is 0. The summed E-state index contributed by atoms with van der Waals surface area (Å²) < 4.78 is 6.73. The lowest BCUT2D eigenvalue weighted by molar-refractivity contribution is 0.558. The summed E-state index contributed by atoms with van der Waals surface area (Å²) in [6, 6.07) is 1.91. The molecule has 0 aromatic carbocycles. The molecule has 2 aromatic heterocycles. The Hall–Kier alpha value is -1.29. The van der Waals surface area contributed by atoms with Crippen molar-refractivity contribution in [2.75, 3.05) is 5.88 Å². The molecule has 0 N–H and O–H groups in total. The summed E-state index contributed by atoms with van der Waals surface area (Å²) in [5, 5.41) is 7.96. The molecule has 0 amide bonds. The molecule has 74 valence electrons. The second-order valence-electron chi connectivity index (χ2n) is 2.98. The molecular weight excluding hydrogens is 202 g/mol. The van der Waals surface area contributed by atoms with Gasteiger partial charge in [0.2, 0.25) is 0 Å². The van der Waals surface area contributed by atoms with Crippen molar-refractivity contribution in [1.82, 2.24) is 15.0 Å². The van der Waals surface area contributed by atoms with Gasteiger partial charge in [0.1, 0.15) is 0 Å². The molecule has 0 bridgehead atoms. The third-order valence-electron chi connectivity index (χ3n) is 1.86. The molecule has 2 rings (SSSR count). The third-order valence-corrected chi connectivity index (χ3v) is 2.05. The number of rotatable bonds is 4. The number of halogens is 1. The lowest BCUT2D eigenvalue weighted by atomic mass is 10.3. The fourth-order valence-electron chi connectivity index (χ4n) is 1.20. The van der Waals surface area contributed by atoms with E-state index in [1.165, 1.54) is 0 Å². The molecule has 0 aliphatic rings. The Morgan fingerprint density at radius 3 is 3.14 bits per heavy atom. The first-order valence-corrected chi connectivity index (χ1v) is 4.88. The topological polar surface area (TPSA) is 43.9 Å². The highest BCUT2D eigenvalue weighted by atomic mass is 35.5. The van der Waals surface area contributed by atoms with Gasteiger partial charge in [0, 0.05) is 24.1 Å². The van der Waals surface area contributed by atoms with E-state index < -0.39 is 0 Å². The molecule has 2 heterocycles. The Bertz CT molecular complexity index is 382. The van der Waals surface area contributed by atoms with Crippen LogP contribution in [0.1, 0.15) is 11.3 Å². The lowest BCUT2D eigenvalue weighted by Gasteiger charge is -1.94. The van der Waals surface area contributed by atoms with Crippen molar-refractivity contribution < 1.29 is 4.42 Å². The van der Waals surface area contributed by atoms with E-state index in [0.29, 0.717) is 12.4 Å². The summed E-state index contributed by atoms with van der Waals surface area (Å²) in [5.41, 5.74) is 2.00. The van der Waals surface area contributed by atoms with Crippen molar-refractivity contribution in [3.8, 4) is 0 Å². The van der Waals surface area contributed by atoms with Gasteiger partial charge in [-0.1, -0.05) is 5.21 Å². The van der Waals surface area contributed by atoms with Crippen LogP contribution in [-0.4, -0.2) is 20.9 Å². The molecule has 4 nitrogen and oxygen atoms in total. The molecule has 14 heavy (non-hydrogen) atoms. The standard InChI is InChI=1S/C9H10ClN3O/c10-3-1-9-6-13(12-11-9)5-8-2-4-14-7-8/h2,4,6-7H,1,3,5H2. The predicted octanol–water partition coefficient (Wildman–Crippen LogP) is 1.70. The van der Waals surface area contributed by atoms with E-state index in [0.717, 1.165) is 17.7 Å². The summed E-state index contributed by atoms with van der Waals surface area (Å²) in [4.78, 5) is 0. The van der Waals surface area contributed by atoms with E-state index in [4.69, 9.17) is 16.0 Å². The fourth-order valence-corrected chi connectivity index (χ4v) is 1.39. The average Bonchev–Trinajstić information content (AvgIpc) is 2.79. The van der Waals surface area contributed by atoms with Crippen LogP contribution < -0.4 is 0 Å². The molecule has 2 aromatic rings. The highest BCUT2D eigenvalue weighted by molar-refractivity contribution is 6.17. The minimum absolute atomic E-state index is 0.574. The Labute approximate surface area is 86.5 Å². The van der Waals surface area contributed by atoms with Gasteiger partial charge in [-0.2, -0.15) is 0 Å². The summed E-state index contributed by atoms with van der Waals surface area (Å²) in [6.07, 6.45) is 6.00. The van der Waals surface area contributed by atoms with Gasteiger partial charge in [-0.3, -0.25) is 0 Å². The lowest BCUT2D eigenvalue weighted by Crippen LogP contribution is -1.98. The highest BCUT2D eigenvalue weighted by Gasteiger charge is 2.01. The van der Waals surface area contributed by atoms with Gasteiger partial charge < -0.3 is 4.42 Å². The van der Waals surface area contributed by atoms with Gasteiger partial charge >= 0.3 is 0 Å². The summed E-state index contributed by atoms with van der Waals surface area (Å²) in [5.74, 6) is 0.574.